The van der Waals surface area contributed by atoms with E-state index in [0.29, 0.717) is 6.10 Å². The number of hydrogen-bond donors (Lipinski definition) is 1. The Bertz CT molecular complexity index is 83.0. The smallest absolute Gasteiger partial charge is 0.369 e. The van der Waals surface area contributed by atoms with E-state index in [-0.39, 0.29) is 0 Å². The van der Waals surface area contributed by atoms with Crippen molar-refractivity contribution in [1.82, 2.24) is 5.01 Å². The van der Waals surface area contributed by atoms with Crippen molar-refractivity contribution in [1.29, 1.82) is 0 Å². The van der Waals surface area contributed by atoms with Gasteiger partial charge in [-0.3, -0.25) is 5.84 Å². The second-order valence-corrected chi connectivity index (χ2v) is 2.64. The van der Waals surface area contributed by atoms with Gasteiger partial charge in [0.1, 0.15) is 0 Å². The molecule has 0 aromatic carbocycles. The SMILES string of the molecule is NN1CCC([O][Al])CC1. The molecule has 0 spiro atoms. The first-order chi connectivity index (χ1) is 4.33. The standard InChI is InChI=1S/C5H11N2O.Al/c6-7-3-1-5(8)2-4-7;/h5H,1-4,6H2;/q-1;+1. The lowest BCUT2D eigenvalue weighted by atomic mass is 10.1. The number of nitrogens with two attached hydrogens (primary N) is 1. The minimum absolute atomic E-state index is 0.412. The van der Waals surface area contributed by atoms with Crippen LogP contribution in [0.1, 0.15) is 12.8 Å². The van der Waals surface area contributed by atoms with Crippen LogP contribution in [-0.2, 0) is 3.79 Å². The summed E-state index contributed by atoms with van der Waals surface area (Å²) in [5.74, 6) is 5.52. The normalized spacial score (nSPS) is 24.6. The van der Waals surface area contributed by atoms with Gasteiger partial charge in [0.25, 0.3) is 0 Å². The number of hydrazine groups is 1. The number of piperidine rings is 1. The molecule has 0 aromatic heterocycles. The minimum Gasteiger partial charge on any atom is -0.514 e. The molecule has 0 aromatic rings. The zero-order valence-corrected chi connectivity index (χ0v) is 6.57. The highest BCUT2D eigenvalue weighted by Gasteiger charge is 2.14. The molecule has 1 fully saturated rings. The zero-order chi connectivity index (χ0) is 6.69. The van der Waals surface area contributed by atoms with Crippen LogP contribution in [-0.4, -0.2) is 40.8 Å². The first-order valence-electron chi connectivity index (χ1n) is 3.18. The van der Waals surface area contributed by atoms with E-state index in [1.807, 2.05) is 5.01 Å². The van der Waals surface area contributed by atoms with Gasteiger partial charge in [0, 0.05) is 19.2 Å². The fourth-order valence-electron chi connectivity index (χ4n) is 1.01. The molecular formula is C5H11AlN2O. The summed E-state index contributed by atoms with van der Waals surface area (Å²) >= 11 is 2.30. The Morgan fingerprint density at radius 1 is 1.44 bits per heavy atom. The second kappa shape index (κ2) is 3.55. The summed E-state index contributed by atoms with van der Waals surface area (Å²) in [5, 5.41) is 1.83. The summed E-state index contributed by atoms with van der Waals surface area (Å²) in [7, 11) is 0. The number of nitrogens with zero attached hydrogens (tertiary/aromatic N) is 1. The summed E-state index contributed by atoms with van der Waals surface area (Å²) in [5.41, 5.74) is 0. The van der Waals surface area contributed by atoms with Gasteiger partial charge in [-0.05, 0) is 12.8 Å². The highest BCUT2D eigenvalue weighted by Crippen LogP contribution is 2.08. The molecule has 50 valence electrons. The van der Waals surface area contributed by atoms with E-state index >= 15 is 0 Å². The summed E-state index contributed by atoms with van der Waals surface area (Å²) in [6, 6.07) is 0. The van der Waals surface area contributed by atoms with Crippen LogP contribution < -0.4 is 5.84 Å². The fraction of sp³-hybridized carbons (Fsp3) is 1.00. The third kappa shape index (κ3) is 2.25. The molecule has 0 atom stereocenters. The molecule has 0 unspecified atom stereocenters. The Morgan fingerprint density at radius 3 is 2.44 bits per heavy atom. The highest BCUT2D eigenvalue weighted by atomic mass is 27.1. The Morgan fingerprint density at radius 2 is 2.00 bits per heavy atom. The molecule has 0 saturated carbocycles. The Kier molecular flexibility index (Phi) is 2.96. The topological polar surface area (TPSA) is 38.5 Å². The van der Waals surface area contributed by atoms with Crippen molar-refractivity contribution in [2.75, 3.05) is 13.1 Å². The summed E-state index contributed by atoms with van der Waals surface area (Å²) < 4.78 is 5.07. The molecule has 3 nitrogen and oxygen atoms in total. The fourth-order valence-corrected chi connectivity index (χ4v) is 1.28. The lowest BCUT2D eigenvalue weighted by Crippen LogP contribution is -2.41. The van der Waals surface area contributed by atoms with Crippen LogP contribution in [0.2, 0.25) is 0 Å². The van der Waals surface area contributed by atoms with Crippen LogP contribution in [0, 0.1) is 0 Å². The van der Waals surface area contributed by atoms with Gasteiger partial charge in [0.05, 0.1) is 0 Å². The summed E-state index contributed by atoms with van der Waals surface area (Å²) in [6.07, 6.45) is 2.52. The van der Waals surface area contributed by atoms with Crippen molar-refractivity contribution in [3.63, 3.8) is 0 Å². The maximum absolute atomic E-state index is 5.52. The molecular weight excluding hydrogens is 131 g/mol. The molecule has 1 aliphatic heterocycles. The van der Waals surface area contributed by atoms with Gasteiger partial charge in [0.15, 0.2) is 0 Å². The van der Waals surface area contributed by atoms with Crippen molar-refractivity contribution in [3.05, 3.63) is 0 Å². The zero-order valence-electron chi connectivity index (χ0n) is 5.42. The predicted molar refractivity (Wildman–Crippen MR) is 35.6 cm³/mol. The molecule has 1 heterocycles. The molecule has 9 heavy (non-hydrogen) atoms. The quantitative estimate of drug-likeness (QED) is 0.393. The van der Waals surface area contributed by atoms with Gasteiger partial charge in [-0.1, -0.05) is 0 Å². The molecule has 1 aliphatic rings. The van der Waals surface area contributed by atoms with Gasteiger partial charge in [-0.25, -0.2) is 5.01 Å². The van der Waals surface area contributed by atoms with Crippen molar-refractivity contribution in [2.45, 2.75) is 18.9 Å². The Balaban J connectivity index is 2.18. The van der Waals surface area contributed by atoms with Crippen LogP contribution in [0.5, 0.6) is 0 Å². The monoisotopic (exact) mass is 142 g/mol. The first-order valence-corrected chi connectivity index (χ1v) is 3.65. The van der Waals surface area contributed by atoms with Crippen molar-refractivity contribution in [3.8, 4) is 0 Å². The van der Waals surface area contributed by atoms with E-state index < -0.39 is 0 Å². The van der Waals surface area contributed by atoms with Crippen LogP contribution in [0.25, 0.3) is 0 Å². The van der Waals surface area contributed by atoms with Crippen LogP contribution in [0.15, 0.2) is 0 Å². The number of hydrogen-bond acceptors (Lipinski definition) is 3. The maximum atomic E-state index is 5.52. The van der Waals surface area contributed by atoms with Gasteiger partial charge >= 0.3 is 16.6 Å². The maximum Gasteiger partial charge on any atom is 0.369 e. The third-order valence-corrected chi connectivity index (χ3v) is 2.05. The first kappa shape index (κ1) is 7.52. The third-order valence-electron chi connectivity index (χ3n) is 1.67. The Hall–Kier alpha value is 0.412. The van der Waals surface area contributed by atoms with Crippen LogP contribution in [0.4, 0.5) is 0 Å². The molecule has 2 radical (unpaired) electrons. The lowest BCUT2D eigenvalue weighted by molar-refractivity contribution is 0.109. The molecule has 1 rings (SSSR count). The highest BCUT2D eigenvalue weighted by molar-refractivity contribution is 5.98. The average Bonchev–Trinajstić information content (AvgIpc) is 1.90. The lowest BCUT2D eigenvalue weighted by Gasteiger charge is -2.28. The van der Waals surface area contributed by atoms with E-state index in [9.17, 15) is 0 Å². The van der Waals surface area contributed by atoms with Crippen LogP contribution in [0.3, 0.4) is 0 Å². The molecule has 0 amide bonds. The van der Waals surface area contributed by atoms with Gasteiger partial charge in [-0.2, -0.15) is 0 Å². The van der Waals surface area contributed by atoms with Gasteiger partial charge < -0.3 is 3.79 Å². The molecule has 1 saturated heterocycles. The van der Waals surface area contributed by atoms with Crippen molar-refractivity contribution in [2.24, 2.45) is 5.84 Å². The van der Waals surface area contributed by atoms with Gasteiger partial charge in [-0.15, -0.1) is 0 Å². The van der Waals surface area contributed by atoms with E-state index in [0.717, 1.165) is 25.9 Å². The predicted octanol–water partition coefficient (Wildman–Crippen LogP) is -0.575. The van der Waals surface area contributed by atoms with E-state index in [4.69, 9.17) is 9.63 Å². The van der Waals surface area contributed by atoms with Crippen LogP contribution >= 0.6 is 0 Å². The van der Waals surface area contributed by atoms with E-state index in [1.165, 1.54) is 0 Å². The van der Waals surface area contributed by atoms with Gasteiger partial charge in [0.2, 0.25) is 0 Å². The second-order valence-electron chi connectivity index (χ2n) is 2.37. The van der Waals surface area contributed by atoms with Crippen molar-refractivity contribution < 1.29 is 3.79 Å². The average molecular weight is 142 g/mol. The summed E-state index contributed by atoms with van der Waals surface area (Å²) in [4.78, 5) is 0. The summed E-state index contributed by atoms with van der Waals surface area (Å²) in [6.45, 7) is 1.91. The van der Waals surface area contributed by atoms with E-state index in [1.54, 1.807) is 0 Å². The molecule has 4 heteroatoms. The van der Waals surface area contributed by atoms with E-state index in [2.05, 4.69) is 16.6 Å². The Labute approximate surface area is 63.9 Å². The van der Waals surface area contributed by atoms with Crippen molar-refractivity contribution >= 4 is 16.6 Å². The number of rotatable bonds is 1. The molecule has 0 aliphatic carbocycles. The molecule has 0 bridgehead atoms. The molecule has 2 N–H and O–H groups in total. The largest absolute Gasteiger partial charge is 0.514 e. The minimum atomic E-state index is 0.412.